The summed E-state index contributed by atoms with van der Waals surface area (Å²) in [5, 5.41) is 0. The predicted molar refractivity (Wildman–Crippen MR) is 80.0 cm³/mol. The molecule has 0 atom stereocenters. The van der Waals surface area contributed by atoms with Crippen molar-refractivity contribution in [1.82, 2.24) is 4.57 Å². The number of rotatable bonds is 4. The van der Waals surface area contributed by atoms with E-state index in [-0.39, 0.29) is 11.8 Å². The number of nitrogens with zero attached hydrogens (tertiary/aromatic N) is 2. The van der Waals surface area contributed by atoms with E-state index in [1.165, 1.54) is 0 Å². The van der Waals surface area contributed by atoms with Gasteiger partial charge in [-0.05, 0) is 31.4 Å². The highest BCUT2D eigenvalue weighted by molar-refractivity contribution is 7.16. The van der Waals surface area contributed by atoms with Gasteiger partial charge in [-0.15, -0.1) is 0 Å². The monoisotopic (exact) mass is 290 g/mol. The first-order valence-electron chi connectivity index (χ1n) is 6.99. The van der Waals surface area contributed by atoms with Crippen LogP contribution in [0.5, 0.6) is 5.75 Å². The lowest BCUT2D eigenvalue weighted by Gasteiger charge is -2.04. The minimum absolute atomic E-state index is 0.0355. The molecule has 1 amide bonds. The Morgan fingerprint density at radius 1 is 1.50 bits per heavy atom. The second-order valence-corrected chi connectivity index (χ2v) is 6.10. The Morgan fingerprint density at radius 2 is 2.30 bits per heavy atom. The summed E-state index contributed by atoms with van der Waals surface area (Å²) in [5.74, 6) is 1.04. The molecule has 1 aromatic heterocycles. The van der Waals surface area contributed by atoms with Crippen LogP contribution >= 0.6 is 11.3 Å². The molecule has 0 radical (unpaired) electrons. The summed E-state index contributed by atoms with van der Waals surface area (Å²) in [7, 11) is 1.67. The second kappa shape index (κ2) is 5.40. The molecular weight excluding hydrogens is 272 g/mol. The van der Waals surface area contributed by atoms with Crippen LogP contribution in [0.2, 0.25) is 0 Å². The Balaban J connectivity index is 2.14. The number of carbonyl (C=O) groups excluding carboxylic acids is 1. The van der Waals surface area contributed by atoms with Crippen LogP contribution in [-0.2, 0) is 11.3 Å². The largest absolute Gasteiger partial charge is 0.497 e. The lowest BCUT2D eigenvalue weighted by Crippen LogP contribution is -2.17. The van der Waals surface area contributed by atoms with Gasteiger partial charge in [-0.25, -0.2) is 0 Å². The maximum atomic E-state index is 11.9. The summed E-state index contributed by atoms with van der Waals surface area (Å²) in [4.78, 5) is 17.1. The quantitative estimate of drug-likeness (QED) is 0.869. The van der Waals surface area contributed by atoms with Gasteiger partial charge in [0.2, 0.25) is 0 Å². The average Bonchev–Trinajstić information content (AvgIpc) is 3.25. The van der Waals surface area contributed by atoms with Crippen molar-refractivity contribution in [2.45, 2.75) is 32.7 Å². The van der Waals surface area contributed by atoms with E-state index in [2.05, 4.69) is 16.5 Å². The summed E-state index contributed by atoms with van der Waals surface area (Å²) in [6.07, 6.45) is 3.00. The van der Waals surface area contributed by atoms with Crippen LogP contribution < -0.4 is 9.54 Å². The number of aryl methyl sites for hydroxylation is 1. The van der Waals surface area contributed by atoms with E-state index < -0.39 is 0 Å². The summed E-state index contributed by atoms with van der Waals surface area (Å²) in [6, 6.07) is 6.00. The van der Waals surface area contributed by atoms with Gasteiger partial charge in [0.25, 0.3) is 5.91 Å². The minimum Gasteiger partial charge on any atom is -0.497 e. The molecule has 0 saturated heterocycles. The highest BCUT2D eigenvalue weighted by Crippen LogP contribution is 2.30. The third kappa shape index (κ3) is 2.50. The topological polar surface area (TPSA) is 43.6 Å². The molecule has 3 rings (SSSR count). The van der Waals surface area contributed by atoms with E-state index in [9.17, 15) is 4.79 Å². The van der Waals surface area contributed by atoms with Crippen LogP contribution in [0.3, 0.4) is 0 Å². The molecule has 2 aromatic rings. The van der Waals surface area contributed by atoms with Crippen molar-refractivity contribution in [2.75, 3.05) is 7.11 Å². The smallest absolute Gasteiger partial charge is 0.251 e. The van der Waals surface area contributed by atoms with Crippen LogP contribution in [-0.4, -0.2) is 17.6 Å². The van der Waals surface area contributed by atoms with Crippen LogP contribution in [0.4, 0.5) is 0 Å². The van der Waals surface area contributed by atoms with E-state index in [0.29, 0.717) is 0 Å². The van der Waals surface area contributed by atoms with Crippen molar-refractivity contribution < 1.29 is 9.53 Å². The standard InChI is InChI=1S/C15H18N2O2S/c1-3-8-17-12-9-11(19-2)6-7-13(12)20-15(17)16-14(18)10-4-5-10/h6-7,9-10H,3-5,8H2,1-2H3. The summed E-state index contributed by atoms with van der Waals surface area (Å²) >= 11 is 1.58. The first-order chi connectivity index (χ1) is 9.72. The zero-order valence-electron chi connectivity index (χ0n) is 11.8. The minimum atomic E-state index is 0.0355. The normalized spacial score (nSPS) is 15.8. The lowest BCUT2D eigenvalue weighted by molar-refractivity contribution is -0.119. The highest BCUT2D eigenvalue weighted by Gasteiger charge is 2.29. The van der Waals surface area contributed by atoms with Gasteiger partial charge in [-0.2, -0.15) is 4.99 Å². The SMILES string of the molecule is CCCn1c(=NC(=O)C2CC2)sc2ccc(OC)cc21. The van der Waals surface area contributed by atoms with Crippen molar-refractivity contribution in [2.24, 2.45) is 10.9 Å². The van der Waals surface area contributed by atoms with Gasteiger partial charge < -0.3 is 9.30 Å². The number of hydrogen-bond acceptors (Lipinski definition) is 3. The van der Waals surface area contributed by atoms with Crippen LogP contribution in [0.15, 0.2) is 23.2 Å². The first kappa shape index (κ1) is 13.4. The molecular formula is C15H18N2O2S. The maximum absolute atomic E-state index is 11.9. The number of amides is 1. The molecule has 4 nitrogen and oxygen atoms in total. The molecule has 20 heavy (non-hydrogen) atoms. The molecule has 1 saturated carbocycles. The van der Waals surface area contributed by atoms with Crippen LogP contribution in [0.25, 0.3) is 10.2 Å². The Hall–Kier alpha value is -1.62. The molecule has 106 valence electrons. The number of hydrogen-bond donors (Lipinski definition) is 0. The maximum Gasteiger partial charge on any atom is 0.251 e. The van der Waals surface area contributed by atoms with Gasteiger partial charge in [0.05, 0.1) is 17.3 Å². The van der Waals surface area contributed by atoms with Crippen LogP contribution in [0.1, 0.15) is 26.2 Å². The van der Waals surface area contributed by atoms with Gasteiger partial charge in [0.1, 0.15) is 5.75 Å². The third-order valence-electron chi connectivity index (χ3n) is 3.47. The molecule has 1 aliphatic rings. The van der Waals surface area contributed by atoms with E-state index in [4.69, 9.17) is 4.74 Å². The molecule has 1 fully saturated rings. The number of methoxy groups -OCH3 is 1. The molecule has 1 heterocycles. The number of carbonyl (C=O) groups is 1. The number of benzene rings is 1. The number of fused-ring (bicyclic) bond motifs is 1. The molecule has 0 spiro atoms. The number of thiazole rings is 1. The van der Waals surface area contributed by atoms with Crippen molar-refractivity contribution in [1.29, 1.82) is 0 Å². The molecule has 0 bridgehead atoms. The lowest BCUT2D eigenvalue weighted by atomic mass is 10.3. The Labute approximate surface area is 121 Å². The van der Waals surface area contributed by atoms with E-state index >= 15 is 0 Å². The second-order valence-electron chi connectivity index (χ2n) is 5.09. The number of ether oxygens (including phenoxy) is 1. The van der Waals surface area contributed by atoms with Gasteiger partial charge in [0.15, 0.2) is 4.80 Å². The van der Waals surface area contributed by atoms with Gasteiger partial charge in [-0.3, -0.25) is 4.79 Å². The summed E-state index contributed by atoms with van der Waals surface area (Å²) < 4.78 is 8.56. The van der Waals surface area contributed by atoms with Crippen molar-refractivity contribution in [3.63, 3.8) is 0 Å². The molecule has 0 N–H and O–H groups in total. The molecule has 0 unspecified atom stereocenters. The van der Waals surface area contributed by atoms with Crippen molar-refractivity contribution in [3.8, 4) is 5.75 Å². The first-order valence-corrected chi connectivity index (χ1v) is 7.80. The highest BCUT2D eigenvalue weighted by atomic mass is 32.1. The van der Waals surface area contributed by atoms with E-state index in [0.717, 1.165) is 46.6 Å². The van der Waals surface area contributed by atoms with Crippen molar-refractivity contribution in [3.05, 3.63) is 23.0 Å². The molecule has 1 aromatic carbocycles. The summed E-state index contributed by atoms with van der Waals surface area (Å²) in [5.41, 5.74) is 1.10. The Kier molecular flexibility index (Phi) is 3.61. The predicted octanol–water partition coefficient (Wildman–Crippen LogP) is 2.96. The van der Waals surface area contributed by atoms with E-state index in [1.54, 1.807) is 18.4 Å². The molecule has 0 aliphatic heterocycles. The number of aromatic nitrogens is 1. The van der Waals surface area contributed by atoms with E-state index in [1.807, 2.05) is 18.2 Å². The van der Waals surface area contributed by atoms with Crippen molar-refractivity contribution >= 4 is 27.5 Å². The van der Waals surface area contributed by atoms with Crippen LogP contribution in [0, 0.1) is 5.92 Å². The fourth-order valence-electron chi connectivity index (χ4n) is 2.22. The Morgan fingerprint density at radius 3 is 2.95 bits per heavy atom. The fraction of sp³-hybridized carbons (Fsp3) is 0.467. The third-order valence-corrected chi connectivity index (χ3v) is 4.53. The average molecular weight is 290 g/mol. The molecule has 5 heteroatoms. The van der Waals surface area contributed by atoms with Gasteiger partial charge >= 0.3 is 0 Å². The fourth-order valence-corrected chi connectivity index (χ4v) is 3.26. The zero-order valence-corrected chi connectivity index (χ0v) is 12.6. The van der Waals surface area contributed by atoms with Gasteiger partial charge in [0, 0.05) is 18.5 Å². The summed E-state index contributed by atoms with van der Waals surface area (Å²) in [6.45, 7) is 2.99. The zero-order chi connectivity index (χ0) is 14.1. The Bertz CT molecular complexity index is 710. The molecule has 1 aliphatic carbocycles. The van der Waals surface area contributed by atoms with Gasteiger partial charge in [-0.1, -0.05) is 18.3 Å².